The summed E-state index contributed by atoms with van der Waals surface area (Å²) in [7, 11) is 0. The largest absolute Gasteiger partial charge is 0.352 e. The van der Waals surface area contributed by atoms with Crippen LogP contribution in [0.5, 0.6) is 0 Å². The quantitative estimate of drug-likeness (QED) is 0.833. The van der Waals surface area contributed by atoms with E-state index in [1.165, 1.54) is 6.42 Å². The molecular weight excluding hydrogens is 246 g/mol. The van der Waals surface area contributed by atoms with E-state index in [1.807, 2.05) is 24.3 Å². The number of amides is 1. The fourth-order valence-corrected chi connectivity index (χ4v) is 3.12. The van der Waals surface area contributed by atoms with Gasteiger partial charge in [0.2, 0.25) is 5.91 Å². The second kappa shape index (κ2) is 4.77. The molecule has 0 aliphatic heterocycles. The zero-order valence-corrected chi connectivity index (χ0v) is 10.9. The highest BCUT2D eigenvalue weighted by atomic mass is 35.5. The SMILES string of the molecule is O=C(Cc1ccc(Cl)cc1)NC1CC2C=CC1C2. The second-order valence-electron chi connectivity index (χ2n) is 5.26. The van der Waals surface area contributed by atoms with Gasteiger partial charge in [-0.1, -0.05) is 35.9 Å². The van der Waals surface area contributed by atoms with Gasteiger partial charge in [0.05, 0.1) is 6.42 Å². The summed E-state index contributed by atoms with van der Waals surface area (Å²) in [5.41, 5.74) is 1.01. The first-order valence-electron chi connectivity index (χ1n) is 6.43. The summed E-state index contributed by atoms with van der Waals surface area (Å²) < 4.78 is 0. The minimum Gasteiger partial charge on any atom is -0.352 e. The van der Waals surface area contributed by atoms with E-state index in [0.29, 0.717) is 29.3 Å². The average Bonchev–Trinajstić information content (AvgIpc) is 2.94. The molecule has 2 aliphatic rings. The van der Waals surface area contributed by atoms with Crippen LogP contribution in [0.4, 0.5) is 0 Å². The van der Waals surface area contributed by atoms with Crippen molar-refractivity contribution in [1.82, 2.24) is 5.32 Å². The molecule has 1 fully saturated rings. The molecule has 2 nitrogen and oxygen atoms in total. The molecule has 2 bridgehead atoms. The Kier molecular flexibility index (Phi) is 3.13. The molecular formula is C15H16ClNO. The fraction of sp³-hybridized carbons (Fsp3) is 0.400. The first kappa shape index (κ1) is 11.8. The molecule has 3 unspecified atom stereocenters. The molecule has 0 spiro atoms. The molecule has 18 heavy (non-hydrogen) atoms. The van der Waals surface area contributed by atoms with Crippen molar-refractivity contribution in [2.45, 2.75) is 25.3 Å². The topological polar surface area (TPSA) is 29.1 Å². The summed E-state index contributed by atoms with van der Waals surface area (Å²) in [6, 6.07) is 7.81. The van der Waals surface area contributed by atoms with Gasteiger partial charge in [0.15, 0.2) is 0 Å². The van der Waals surface area contributed by atoms with Crippen LogP contribution in [0.25, 0.3) is 0 Å². The Morgan fingerprint density at radius 1 is 1.22 bits per heavy atom. The zero-order valence-electron chi connectivity index (χ0n) is 10.1. The van der Waals surface area contributed by atoms with Crippen molar-refractivity contribution in [3.05, 3.63) is 47.0 Å². The van der Waals surface area contributed by atoms with E-state index in [2.05, 4.69) is 17.5 Å². The van der Waals surface area contributed by atoms with Crippen LogP contribution in [0.1, 0.15) is 18.4 Å². The molecule has 1 amide bonds. The van der Waals surface area contributed by atoms with Crippen molar-refractivity contribution in [1.29, 1.82) is 0 Å². The third-order valence-electron chi connectivity index (χ3n) is 3.90. The van der Waals surface area contributed by atoms with E-state index in [4.69, 9.17) is 11.6 Å². The molecule has 3 rings (SSSR count). The maximum absolute atomic E-state index is 12.0. The predicted octanol–water partition coefficient (Wildman–Crippen LogP) is 2.96. The van der Waals surface area contributed by atoms with Gasteiger partial charge >= 0.3 is 0 Å². The number of carbonyl (C=O) groups excluding carboxylic acids is 1. The minimum atomic E-state index is 0.114. The monoisotopic (exact) mass is 261 g/mol. The van der Waals surface area contributed by atoms with Crippen molar-refractivity contribution in [2.75, 3.05) is 0 Å². The predicted molar refractivity (Wildman–Crippen MR) is 72.4 cm³/mol. The van der Waals surface area contributed by atoms with Gasteiger partial charge in [-0.05, 0) is 42.4 Å². The minimum absolute atomic E-state index is 0.114. The lowest BCUT2D eigenvalue weighted by atomic mass is 10.0. The number of benzene rings is 1. The van der Waals surface area contributed by atoms with Crippen LogP contribution in [0, 0.1) is 11.8 Å². The first-order chi connectivity index (χ1) is 8.70. The zero-order chi connectivity index (χ0) is 12.5. The van der Waals surface area contributed by atoms with Gasteiger partial charge in [-0.2, -0.15) is 0 Å². The molecule has 0 aromatic heterocycles. The lowest BCUT2D eigenvalue weighted by Gasteiger charge is -2.19. The van der Waals surface area contributed by atoms with Crippen molar-refractivity contribution in [3.63, 3.8) is 0 Å². The molecule has 2 aliphatic carbocycles. The van der Waals surface area contributed by atoms with Crippen LogP contribution in [-0.2, 0) is 11.2 Å². The maximum Gasteiger partial charge on any atom is 0.224 e. The van der Waals surface area contributed by atoms with Crippen molar-refractivity contribution >= 4 is 17.5 Å². The molecule has 1 aromatic rings. The van der Waals surface area contributed by atoms with Gasteiger partial charge in [0.1, 0.15) is 0 Å². The molecule has 1 N–H and O–H groups in total. The number of hydrogen-bond donors (Lipinski definition) is 1. The van der Waals surface area contributed by atoms with Crippen molar-refractivity contribution < 1.29 is 4.79 Å². The highest BCUT2D eigenvalue weighted by Crippen LogP contribution is 2.38. The number of carbonyl (C=O) groups is 1. The maximum atomic E-state index is 12.0. The summed E-state index contributed by atoms with van der Waals surface area (Å²) in [5, 5.41) is 3.86. The molecule has 0 saturated heterocycles. The van der Waals surface area contributed by atoms with Crippen LogP contribution >= 0.6 is 11.6 Å². The smallest absolute Gasteiger partial charge is 0.224 e. The van der Waals surface area contributed by atoms with Crippen LogP contribution in [-0.4, -0.2) is 11.9 Å². The standard InChI is InChI=1S/C15H16ClNO/c16-13-5-2-10(3-6-13)9-15(18)17-14-8-11-1-4-12(14)7-11/h1-6,11-12,14H,7-9H2,(H,17,18). The van der Waals surface area contributed by atoms with E-state index < -0.39 is 0 Å². The van der Waals surface area contributed by atoms with Gasteiger partial charge in [0.25, 0.3) is 0 Å². The Morgan fingerprint density at radius 3 is 2.61 bits per heavy atom. The summed E-state index contributed by atoms with van der Waals surface area (Å²) >= 11 is 5.82. The van der Waals surface area contributed by atoms with E-state index in [0.717, 1.165) is 12.0 Å². The number of halogens is 1. The molecule has 3 atom stereocenters. The Labute approximate surface area is 112 Å². The lowest BCUT2D eigenvalue weighted by molar-refractivity contribution is -0.121. The highest BCUT2D eigenvalue weighted by molar-refractivity contribution is 6.30. The molecule has 1 saturated carbocycles. The summed E-state index contributed by atoms with van der Waals surface area (Å²) in [6.45, 7) is 0. The van der Waals surface area contributed by atoms with E-state index >= 15 is 0 Å². The number of nitrogens with one attached hydrogen (secondary N) is 1. The van der Waals surface area contributed by atoms with Crippen molar-refractivity contribution in [2.24, 2.45) is 11.8 Å². The van der Waals surface area contributed by atoms with Crippen LogP contribution in [0.3, 0.4) is 0 Å². The fourth-order valence-electron chi connectivity index (χ4n) is 2.99. The van der Waals surface area contributed by atoms with Crippen LogP contribution in [0.2, 0.25) is 5.02 Å². The second-order valence-corrected chi connectivity index (χ2v) is 5.69. The van der Waals surface area contributed by atoms with E-state index in [-0.39, 0.29) is 5.91 Å². The van der Waals surface area contributed by atoms with Gasteiger partial charge in [0, 0.05) is 11.1 Å². The highest BCUT2D eigenvalue weighted by Gasteiger charge is 2.36. The number of hydrogen-bond acceptors (Lipinski definition) is 1. The number of allylic oxidation sites excluding steroid dienone is 1. The van der Waals surface area contributed by atoms with Gasteiger partial charge < -0.3 is 5.32 Å². The van der Waals surface area contributed by atoms with Gasteiger partial charge in [-0.15, -0.1) is 0 Å². The van der Waals surface area contributed by atoms with Crippen LogP contribution in [0.15, 0.2) is 36.4 Å². The van der Waals surface area contributed by atoms with E-state index in [1.54, 1.807) is 0 Å². The van der Waals surface area contributed by atoms with Crippen molar-refractivity contribution in [3.8, 4) is 0 Å². The van der Waals surface area contributed by atoms with Gasteiger partial charge in [-0.25, -0.2) is 0 Å². The molecule has 3 heteroatoms. The lowest BCUT2D eigenvalue weighted by Crippen LogP contribution is -2.38. The third kappa shape index (κ3) is 2.44. The summed E-state index contributed by atoms with van der Waals surface area (Å²) in [4.78, 5) is 12.0. The molecule has 0 radical (unpaired) electrons. The Morgan fingerprint density at radius 2 is 2.00 bits per heavy atom. The van der Waals surface area contributed by atoms with Crippen LogP contribution < -0.4 is 5.32 Å². The van der Waals surface area contributed by atoms with Gasteiger partial charge in [-0.3, -0.25) is 4.79 Å². The molecule has 1 aromatic carbocycles. The normalized spacial score (nSPS) is 28.6. The number of rotatable bonds is 3. The molecule has 94 valence electrons. The Hall–Kier alpha value is -1.28. The molecule has 0 heterocycles. The number of fused-ring (bicyclic) bond motifs is 2. The average molecular weight is 262 g/mol. The third-order valence-corrected chi connectivity index (χ3v) is 4.16. The van der Waals surface area contributed by atoms with E-state index in [9.17, 15) is 4.79 Å². The summed E-state index contributed by atoms with van der Waals surface area (Å²) in [6.07, 6.45) is 7.29. The summed E-state index contributed by atoms with van der Waals surface area (Å²) in [5.74, 6) is 1.36. The Bertz CT molecular complexity index is 480. The first-order valence-corrected chi connectivity index (χ1v) is 6.80. The Balaban J connectivity index is 1.56.